The third-order valence-corrected chi connectivity index (χ3v) is 14.6. The number of piperidine rings is 4. The summed E-state index contributed by atoms with van der Waals surface area (Å²) in [6, 6.07) is 12.2. The summed E-state index contributed by atoms with van der Waals surface area (Å²) in [5.74, 6) is 3.63. The smallest absolute Gasteiger partial charge is 0.229 e. The summed E-state index contributed by atoms with van der Waals surface area (Å²) in [6.45, 7) is 14.0. The maximum atomic E-state index is 14.6. The van der Waals surface area contributed by atoms with Crippen molar-refractivity contribution in [3.8, 4) is 22.9 Å². The van der Waals surface area contributed by atoms with E-state index in [4.69, 9.17) is 26.8 Å². The van der Waals surface area contributed by atoms with E-state index in [9.17, 15) is 8.78 Å². The SMILES string of the molecule is CC1(C)Oc2ccc(N)cc2-n2nnnc21.CC1(C)Oc2ccc(Nc3ncc(F)c(NC[C@@H]4CCCN5CCCC[C@H]45)n3)cc2-n2nnnc21.Fc1cnc(Cl)nc1NC[C@@H]1CCCN2CCCC[C@H]12. The van der Waals surface area contributed by atoms with Crippen LogP contribution in [0.1, 0.15) is 104 Å². The van der Waals surface area contributed by atoms with Crippen LogP contribution in [0.2, 0.25) is 5.28 Å². The second kappa shape index (κ2) is 20.4. The van der Waals surface area contributed by atoms with Crippen molar-refractivity contribution in [1.29, 1.82) is 0 Å². The minimum atomic E-state index is -0.640. The molecule has 0 aliphatic carbocycles. The van der Waals surface area contributed by atoms with Crippen LogP contribution in [-0.4, -0.2) is 122 Å². The van der Waals surface area contributed by atoms with Gasteiger partial charge in [-0.05, 0) is 186 Å². The molecule has 4 aromatic heterocycles. The number of halogens is 3. The van der Waals surface area contributed by atoms with Gasteiger partial charge in [0, 0.05) is 36.5 Å². The first-order valence-corrected chi connectivity index (χ1v) is 25.1. The van der Waals surface area contributed by atoms with E-state index in [1.54, 1.807) is 21.5 Å². The van der Waals surface area contributed by atoms with Crippen LogP contribution in [0.15, 0.2) is 48.8 Å². The van der Waals surface area contributed by atoms with Crippen molar-refractivity contribution in [3.05, 3.63) is 77.4 Å². The normalized spacial score (nSPS) is 22.6. The largest absolute Gasteiger partial charge is 0.478 e. The molecule has 23 heteroatoms. The van der Waals surface area contributed by atoms with Crippen LogP contribution < -0.4 is 31.2 Å². The lowest BCUT2D eigenvalue weighted by Gasteiger charge is -2.44. The van der Waals surface area contributed by atoms with E-state index < -0.39 is 22.8 Å². The Kier molecular flexibility index (Phi) is 13.8. The fourth-order valence-corrected chi connectivity index (χ4v) is 11.1. The number of nitrogen functional groups attached to an aromatic ring is 1. The van der Waals surface area contributed by atoms with Crippen LogP contribution >= 0.6 is 11.6 Å². The van der Waals surface area contributed by atoms with Crippen molar-refractivity contribution in [2.75, 3.05) is 61.0 Å². The second-order valence-electron chi connectivity index (χ2n) is 20.1. The summed E-state index contributed by atoms with van der Waals surface area (Å²) in [6.07, 6.45) is 14.8. The number of anilines is 5. The van der Waals surface area contributed by atoms with Crippen LogP contribution in [0.25, 0.3) is 11.4 Å². The molecular formula is C48H61ClF2N18O2. The van der Waals surface area contributed by atoms with Gasteiger partial charge in [0.05, 0.1) is 12.4 Å². The number of fused-ring (bicyclic) bond motifs is 8. The molecule has 20 nitrogen and oxygen atoms in total. The summed E-state index contributed by atoms with van der Waals surface area (Å²) in [7, 11) is 0. The van der Waals surface area contributed by atoms with Gasteiger partial charge in [0.25, 0.3) is 0 Å². The molecule has 6 aliphatic heterocycles. The van der Waals surface area contributed by atoms with Crippen molar-refractivity contribution in [2.45, 2.75) is 115 Å². The summed E-state index contributed by atoms with van der Waals surface area (Å²) < 4.78 is 43.4. The topological polar surface area (TPSA) is 226 Å². The Hall–Kier alpha value is -6.39. The zero-order chi connectivity index (χ0) is 49.3. The lowest BCUT2D eigenvalue weighted by molar-refractivity contribution is 0.0648. The van der Waals surface area contributed by atoms with Crippen LogP contribution in [0, 0.1) is 23.5 Å². The number of ether oxygens (including phenoxy) is 2. The van der Waals surface area contributed by atoms with Crippen LogP contribution in [-0.2, 0) is 11.2 Å². The van der Waals surface area contributed by atoms with Crippen molar-refractivity contribution >= 4 is 40.6 Å². The van der Waals surface area contributed by atoms with Gasteiger partial charge in [-0.15, -0.1) is 10.2 Å². The molecular weight excluding hydrogens is 934 g/mol. The van der Waals surface area contributed by atoms with Gasteiger partial charge in [-0.25, -0.2) is 18.7 Å². The summed E-state index contributed by atoms with van der Waals surface area (Å²) in [5, 5.41) is 33.3. The Morgan fingerprint density at radius 1 is 0.662 bits per heavy atom. The molecule has 6 aliphatic rings. The number of nitrogens with two attached hydrogens (primary N) is 1. The molecule has 0 radical (unpaired) electrons. The Balaban J connectivity index is 0.000000136. The average Bonchev–Trinajstić information content (AvgIpc) is 4.09. The number of tetrazole rings is 2. The number of benzene rings is 2. The number of rotatable bonds is 8. The molecule has 0 unspecified atom stereocenters. The van der Waals surface area contributed by atoms with Gasteiger partial charge in [0.1, 0.15) is 22.9 Å². The van der Waals surface area contributed by atoms with Crippen molar-refractivity contribution in [1.82, 2.24) is 70.2 Å². The van der Waals surface area contributed by atoms with Gasteiger partial charge in [-0.3, -0.25) is 0 Å². The Bertz CT molecular complexity index is 2820. The lowest BCUT2D eigenvalue weighted by atomic mass is 9.83. The molecule has 0 bridgehead atoms. The van der Waals surface area contributed by atoms with E-state index in [2.05, 4.69) is 76.7 Å². The molecule has 71 heavy (non-hydrogen) atoms. The summed E-state index contributed by atoms with van der Waals surface area (Å²) in [5.41, 5.74) is 7.43. The molecule has 6 aromatic rings. The molecule has 0 amide bonds. The molecule has 4 fully saturated rings. The van der Waals surface area contributed by atoms with Crippen molar-refractivity contribution < 1.29 is 18.3 Å². The first-order valence-electron chi connectivity index (χ1n) is 24.7. The minimum Gasteiger partial charge on any atom is -0.478 e. The molecule has 0 saturated carbocycles. The second-order valence-corrected chi connectivity index (χ2v) is 20.4. The molecule has 376 valence electrons. The highest BCUT2D eigenvalue weighted by atomic mass is 35.5. The number of nitrogens with zero attached hydrogens (tertiary/aromatic N) is 14. The predicted molar refractivity (Wildman–Crippen MR) is 263 cm³/mol. The number of hydrogen-bond acceptors (Lipinski definition) is 18. The summed E-state index contributed by atoms with van der Waals surface area (Å²) in [4.78, 5) is 21.3. The van der Waals surface area contributed by atoms with Crippen LogP contribution in [0.3, 0.4) is 0 Å². The van der Waals surface area contributed by atoms with Gasteiger partial charge in [0.15, 0.2) is 46.1 Å². The van der Waals surface area contributed by atoms with E-state index in [0.717, 1.165) is 29.9 Å². The maximum absolute atomic E-state index is 14.6. The van der Waals surface area contributed by atoms with Gasteiger partial charge in [0.2, 0.25) is 11.2 Å². The molecule has 5 N–H and O–H groups in total. The van der Waals surface area contributed by atoms with Gasteiger partial charge in [-0.2, -0.15) is 19.3 Å². The monoisotopic (exact) mass is 994 g/mol. The third-order valence-electron chi connectivity index (χ3n) is 14.4. The lowest BCUT2D eigenvalue weighted by Crippen LogP contribution is -2.49. The average molecular weight is 996 g/mol. The first kappa shape index (κ1) is 48.2. The van der Waals surface area contributed by atoms with Gasteiger partial charge < -0.3 is 41.0 Å². The van der Waals surface area contributed by atoms with Gasteiger partial charge in [-0.1, -0.05) is 12.8 Å². The Labute approximate surface area is 415 Å². The van der Waals surface area contributed by atoms with Crippen molar-refractivity contribution in [3.63, 3.8) is 0 Å². The number of aromatic nitrogens is 12. The Morgan fingerprint density at radius 2 is 1.18 bits per heavy atom. The van der Waals surface area contributed by atoms with E-state index in [-0.39, 0.29) is 16.9 Å². The molecule has 12 rings (SSSR count). The van der Waals surface area contributed by atoms with E-state index in [1.807, 2.05) is 52.0 Å². The molecule has 10 heterocycles. The molecule has 0 spiro atoms. The highest BCUT2D eigenvalue weighted by Gasteiger charge is 2.38. The molecule has 2 aromatic carbocycles. The number of hydrogen-bond donors (Lipinski definition) is 4. The van der Waals surface area contributed by atoms with Crippen molar-refractivity contribution in [2.24, 2.45) is 11.8 Å². The zero-order valence-corrected chi connectivity index (χ0v) is 41.3. The zero-order valence-electron chi connectivity index (χ0n) is 40.5. The van der Waals surface area contributed by atoms with E-state index in [0.29, 0.717) is 65.2 Å². The molecule has 4 saturated heterocycles. The first-order chi connectivity index (χ1) is 34.3. The number of nitrogens with one attached hydrogen (secondary N) is 3. The third kappa shape index (κ3) is 10.5. The van der Waals surface area contributed by atoms with Crippen LogP contribution in [0.4, 0.5) is 37.7 Å². The highest BCUT2D eigenvalue weighted by molar-refractivity contribution is 6.28. The van der Waals surface area contributed by atoms with E-state index in [1.165, 1.54) is 96.6 Å². The molecule has 4 atom stereocenters. The maximum Gasteiger partial charge on any atom is 0.229 e. The Morgan fingerprint density at radius 3 is 1.77 bits per heavy atom. The van der Waals surface area contributed by atoms with E-state index >= 15 is 0 Å². The quantitative estimate of drug-likeness (QED) is 0.0857. The summed E-state index contributed by atoms with van der Waals surface area (Å²) >= 11 is 5.71. The fourth-order valence-electron chi connectivity index (χ4n) is 11.0. The standard InChI is InChI=1S/C24H30FN9O.C14H20ClFN4.C10H11N5O/c1-24(2)22-30-31-32-34(22)19-12-16(8-9-20(19)35-24)28-23-27-14-17(25)21(29-23)26-13-15-6-5-11-33-10-4-3-7-18(15)33;15-14-18-9-11(16)13(19-14)17-8-10-4-3-7-20-6-2-1-5-12(10)20;1-10(2)9-12-13-14-15(9)7-5-6(11)3-4-8(7)16-10/h8-9,12,14-15,18H,3-7,10-11,13H2,1-2H3,(H2,26,27,28,29);9-10,12H,1-8H2,(H,17,18,19);3-5H,11H2,1-2H3/t15-,18+;10-,12+;/m00./s1. The van der Waals surface area contributed by atoms with Crippen LogP contribution in [0.5, 0.6) is 11.5 Å². The minimum absolute atomic E-state index is 0.0804. The highest BCUT2D eigenvalue weighted by Crippen LogP contribution is 2.40. The van der Waals surface area contributed by atoms with Gasteiger partial charge >= 0.3 is 0 Å². The predicted octanol–water partition coefficient (Wildman–Crippen LogP) is 7.46. The fraction of sp³-hybridized carbons (Fsp3) is 0.542.